The maximum Gasteiger partial charge on any atom is 0.263 e. The van der Waals surface area contributed by atoms with E-state index in [-0.39, 0.29) is 17.3 Å². The molecule has 1 unspecified atom stereocenters. The third kappa shape index (κ3) is 3.01. The van der Waals surface area contributed by atoms with Crippen LogP contribution >= 0.6 is 0 Å². The predicted octanol–water partition coefficient (Wildman–Crippen LogP) is 3.06. The first kappa shape index (κ1) is 12.5. The minimum absolute atomic E-state index is 0.0504. The number of nitrogens with one attached hydrogen (secondary N) is 1. The second kappa shape index (κ2) is 4.70. The lowest BCUT2D eigenvalue weighted by Crippen LogP contribution is -2.46. The number of alkyl halides is 2. The molecule has 0 saturated carbocycles. The van der Waals surface area contributed by atoms with Gasteiger partial charge in [0.05, 0.1) is 11.7 Å². The fourth-order valence-electron chi connectivity index (χ4n) is 2.05. The summed E-state index contributed by atoms with van der Waals surface area (Å²) in [4.78, 5) is 0. The number of benzene rings is 1. The molecule has 1 atom stereocenters. The largest absolute Gasteiger partial charge is 0.365 e. The Morgan fingerprint density at radius 1 is 1.41 bits per heavy atom. The van der Waals surface area contributed by atoms with Gasteiger partial charge in [0.25, 0.3) is 6.43 Å². The highest BCUT2D eigenvalue weighted by molar-refractivity contribution is 5.26. The van der Waals surface area contributed by atoms with Crippen LogP contribution in [-0.4, -0.2) is 18.7 Å². The molecule has 4 heteroatoms. The van der Waals surface area contributed by atoms with Gasteiger partial charge >= 0.3 is 0 Å². The smallest absolute Gasteiger partial charge is 0.263 e. The molecule has 1 aromatic rings. The SMILES string of the molecule is CC1(C)CNCC(c2cccc(C(F)F)c2)O1. The molecule has 1 N–H and O–H groups in total. The number of hydrogen-bond acceptors (Lipinski definition) is 2. The van der Waals surface area contributed by atoms with Crippen LogP contribution in [0.15, 0.2) is 24.3 Å². The van der Waals surface area contributed by atoms with Gasteiger partial charge in [0.1, 0.15) is 0 Å². The minimum atomic E-state index is -2.43. The van der Waals surface area contributed by atoms with E-state index in [1.165, 1.54) is 12.1 Å². The normalized spacial score (nSPS) is 23.9. The molecule has 94 valence electrons. The van der Waals surface area contributed by atoms with Crippen molar-refractivity contribution in [3.8, 4) is 0 Å². The van der Waals surface area contributed by atoms with Gasteiger partial charge in [0, 0.05) is 18.7 Å². The first-order valence-electron chi connectivity index (χ1n) is 5.74. The molecule has 0 amide bonds. The van der Waals surface area contributed by atoms with Gasteiger partial charge in [0.15, 0.2) is 0 Å². The van der Waals surface area contributed by atoms with Crippen LogP contribution < -0.4 is 5.32 Å². The van der Waals surface area contributed by atoms with E-state index < -0.39 is 6.43 Å². The maximum atomic E-state index is 12.6. The van der Waals surface area contributed by atoms with Crippen LogP contribution in [0.1, 0.15) is 37.5 Å². The Kier molecular flexibility index (Phi) is 3.45. The Labute approximate surface area is 100.0 Å². The van der Waals surface area contributed by atoms with Gasteiger partial charge in [-0.2, -0.15) is 0 Å². The minimum Gasteiger partial charge on any atom is -0.365 e. The predicted molar refractivity (Wildman–Crippen MR) is 62.2 cm³/mol. The zero-order valence-corrected chi connectivity index (χ0v) is 10.0. The van der Waals surface area contributed by atoms with Crippen LogP contribution in [0.25, 0.3) is 0 Å². The summed E-state index contributed by atoms with van der Waals surface area (Å²) in [7, 11) is 0. The number of hydrogen-bond donors (Lipinski definition) is 1. The van der Waals surface area contributed by atoms with Gasteiger partial charge in [-0.15, -0.1) is 0 Å². The van der Waals surface area contributed by atoms with Crippen molar-refractivity contribution in [2.45, 2.75) is 32.0 Å². The third-order valence-electron chi connectivity index (χ3n) is 2.88. The fraction of sp³-hybridized carbons (Fsp3) is 0.538. The van der Waals surface area contributed by atoms with Crippen molar-refractivity contribution in [2.24, 2.45) is 0 Å². The molecular formula is C13H17F2NO. The standard InChI is InChI=1S/C13H17F2NO/c1-13(2)8-16-7-11(17-13)9-4-3-5-10(6-9)12(14)15/h3-6,11-12,16H,7-8H2,1-2H3. The zero-order chi connectivity index (χ0) is 12.5. The summed E-state index contributed by atoms with van der Waals surface area (Å²) in [5.74, 6) is 0. The molecule has 2 nitrogen and oxygen atoms in total. The molecule has 2 rings (SSSR count). The Morgan fingerprint density at radius 3 is 2.82 bits per heavy atom. The van der Waals surface area contributed by atoms with E-state index in [9.17, 15) is 8.78 Å². The lowest BCUT2D eigenvalue weighted by atomic mass is 10.0. The van der Waals surface area contributed by atoms with Gasteiger partial charge < -0.3 is 10.1 Å². The molecule has 0 spiro atoms. The first-order valence-corrected chi connectivity index (χ1v) is 5.74. The molecule has 0 aliphatic carbocycles. The van der Waals surface area contributed by atoms with Crippen molar-refractivity contribution in [1.29, 1.82) is 0 Å². The van der Waals surface area contributed by atoms with Crippen molar-refractivity contribution in [3.05, 3.63) is 35.4 Å². The summed E-state index contributed by atoms with van der Waals surface area (Å²) in [5, 5.41) is 3.26. The average molecular weight is 241 g/mol. The van der Waals surface area contributed by atoms with Gasteiger partial charge in [-0.25, -0.2) is 8.78 Å². The molecule has 0 radical (unpaired) electrons. The van der Waals surface area contributed by atoms with Gasteiger partial charge in [-0.05, 0) is 25.5 Å². The second-order valence-corrected chi connectivity index (χ2v) is 4.97. The zero-order valence-electron chi connectivity index (χ0n) is 10.0. The summed E-state index contributed by atoms with van der Waals surface area (Å²) in [6.07, 6.45) is -2.59. The molecule has 1 fully saturated rings. The van der Waals surface area contributed by atoms with Crippen molar-refractivity contribution in [2.75, 3.05) is 13.1 Å². The maximum absolute atomic E-state index is 12.6. The van der Waals surface area contributed by atoms with E-state index in [4.69, 9.17) is 4.74 Å². The fourth-order valence-corrected chi connectivity index (χ4v) is 2.05. The van der Waals surface area contributed by atoms with Gasteiger partial charge in [-0.1, -0.05) is 18.2 Å². The summed E-state index contributed by atoms with van der Waals surface area (Å²) in [6.45, 7) is 5.42. The van der Waals surface area contributed by atoms with Crippen LogP contribution in [0.2, 0.25) is 0 Å². The first-order chi connectivity index (χ1) is 7.98. The topological polar surface area (TPSA) is 21.3 Å². The van der Waals surface area contributed by atoms with Gasteiger partial charge in [0.2, 0.25) is 0 Å². The highest BCUT2D eigenvalue weighted by Crippen LogP contribution is 2.29. The van der Waals surface area contributed by atoms with E-state index >= 15 is 0 Å². The van der Waals surface area contributed by atoms with E-state index in [1.54, 1.807) is 6.07 Å². The molecule has 1 heterocycles. The lowest BCUT2D eigenvalue weighted by Gasteiger charge is -2.37. The summed E-state index contributed by atoms with van der Waals surface area (Å²) < 4.78 is 31.1. The van der Waals surface area contributed by atoms with Crippen molar-refractivity contribution < 1.29 is 13.5 Å². The molecule has 17 heavy (non-hydrogen) atoms. The molecule has 1 aliphatic heterocycles. The molecular weight excluding hydrogens is 224 g/mol. The van der Waals surface area contributed by atoms with Gasteiger partial charge in [-0.3, -0.25) is 0 Å². The lowest BCUT2D eigenvalue weighted by molar-refractivity contribution is -0.0959. The van der Waals surface area contributed by atoms with E-state index in [0.717, 1.165) is 12.1 Å². The van der Waals surface area contributed by atoms with E-state index in [2.05, 4.69) is 5.32 Å². The second-order valence-electron chi connectivity index (χ2n) is 4.97. The number of ether oxygens (including phenoxy) is 1. The molecule has 0 bridgehead atoms. The Balaban J connectivity index is 2.19. The number of halogens is 2. The third-order valence-corrected chi connectivity index (χ3v) is 2.88. The van der Waals surface area contributed by atoms with Crippen LogP contribution in [0.4, 0.5) is 8.78 Å². The molecule has 1 aliphatic rings. The average Bonchev–Trinajstić information content (AvgIpc) is 2.28. The number of morpholine rings is 1. The Hall–Kier alpha value is -1.00. The highest BCUT2D eigenvalue weighted by Gasteiger charge is 2.29. The van der Waals surface area contributed by atoms with Crippen LogP contribution in [-0.2, 0) is 4.74 Å². The van der Waals surface area contributed by atoms with E-state index in [1.807, 2.05) is 19.9 Å². The van der Waals surface area contributed by atoms with E-state index in [0.29, 0.717) is 6.54 Å². The van der Waals surface area contributed by atoms with Crippen molar-refractivity contribution >= 4 is 0 Å². The Bertz CT molecular complexity index is 393. The number of rotatable bonds is 2. The van der Waals surface area contributed by atoms with Crippen molar-refractivity contribution in [3.63, 3.8) is 0 Å². The molecule has 1 aromatic carbocycles. The molecule has 0 aromatic heterocycles. The Morgan fingerprint density at radius 2 is 2.18 bits per heavy atom. The summed E-state index contributed by atoms with van der Waals surface area (Å²) in [5.41, 5.74) is 0.599. The van der Waals surface area contributed by atoms with Crippen LogP contribution in [0.5, 0.6) is 0 Å². The monoisotopic (exact) mass is 241 g/mol. The van der Waals surface area contributed by atoms with Crippen LogP contribution in [0.3, 0.4) is 0 Å². The molecule has 1 saturated heterocycles. The quantitative estimate of drug-likeness (QED) is 0.859. The highest BCUT2D eigenvalue weighted by atomic mass is 19.3. The summed E-state index contributed by atoms with van der Waals surface area (Å²) >= 11 is 0. The van der Waals surface area contributed by atoms with Crippen molar-refractivity contribution in [1.82, 2.24) is 5.32 Å². The van der Waals surface area contributed by atoms with Crippen LogP contribution in [0, 0.1) is 0 Å². The summed E-state index contributed by atoms with van der Waals surface area (Å²) in [6, 6.07) is 6.45.